The minimum Gasteiger partial charge on any atom is -0.492 e. The van der Waals surface area contributed by atoms with Gasteiger partial charge in [0.15, 0.2) is 0 Å². The first-order valence-corrected chi connectivity index (χ1v) is 7.24. The number of nitrogens with two attached hydrogens (primary N) is 1. The number of nitrogens with one attached hydrogen (secondary N) is 2. The van der Waals surface area contributed by atoms with Crippen molar-refractivity contribution in [3.63, 3.8) is 0 Å². The molecule has 6 nitrogen and oxygen atoms in total. The van der Waals surface area contributed by atoms with Crippen LogP contribution in [0.4, 0.5) is 5.69 Å². The molecule has 0 aliphatic rings. The van der Waals surface area contributed by atoms with Gasteiger partial charge in [-0.25, -0.2) is 4.72 Å². The molecular formula is C11H19N3O3S. The first-order valence-electron chi connectivity index (χ1n) is 5.76. The Hall–Kier alpha value is -1.31. The Morgan fingerprint density at radius 2 is 2.00 bits per heavy atom. The fourth-order valence-corrected chi connectivity index (χ4v) is 2.16. The van der Waals surface area contributed by atoms with E-state index < -0.39 is 10.2 Å². The van der Waals surface area contributed by atoms with Gasteiger partial charge >= 0.3 is 0 Å². The molecule has 0 saturated heterocycles. The summed E-state index contributed by atoms with van der Waals surface area (Å²) in [5.74, 6) is 0.621. The van der Waals surface area contributed by atoms with Crippen molar-refractivity contribution in [1.29, 1.82) is 0 Å². The van der Waals surface area contributed by atoms with E-state index in [0.717, 1.165) is 6.42 Å². The molecule has 0 amide bonds. The van der Waals surface area contributed by atoms with Crippen molar-refractivity contribution in [2.75, 3.05) is 25.4 Å². The molecule has 0 aliphatic heterocycles. The fourth-order valence-electron chi connectivity index (χ4n) is 1.24. The second-order valence-corrected chi connectivity index (χ2v) is 5.30. The molecule has 0 radical (unpaired) electrons. The van der Waals surface area contributed by atoms with E-state index >= 15 is 0 Å². The van der Waals surface area contributed by atoms with Crippen LogP contribution in [0.1, 0.15) is 13.3 Å². The number of rotatable bonds is 8. The lowest BCUT2D eigenvalue weighted by atomic mass is 10.3. The van der Waals surface area contributed by atoms with E-state index in [1.54, 1.807) is 24.3 Å². The van der Waals surface area contributed by atoms with E-state index in [1.165, 1.54) is 0 Å². The van der Waals surface area contributed by atoms with Crippen molar-refractivity contribution in [1.82, 2.24) is 9.44 Å². The second kappa shape index (κ2) is 7.20. The first kappa shape index (κ1) is 14.7. The predicted octanol–water partition coefficient (Wildman–Crippen LogP) is 0.482. The van der Waals surface area contributed by atoms with Gasteiger partial charge in [0.1, 0.15) is 12.4 Å². The Kier molecular flexibility index (Phi) is 5.90. The van der Waals surface area contributed by atoms with Crippen molar-refractivity contribution in [2.24, 2.45) is 0 Å². The number of anilines is 1. The summed E-state index contributed by atoms with van der Waals surface area (Å²) < 4.78 is 32.9. The third kappa shape index (κ3) is 5.85. The summed E-state index contributed by atoms with van der Waals surface area (Å²) in [5.41, 5.74) is 6.19. The molecule has 1 aromatic rings. The number of hydrogen-bond donors (Lipinski definition) is 3. The van der Waals surface area contributed by atoms with Gasteiger partial charge in [-0.05, 0) is 18.6 Å². The highest BCUT2D eigenvalue weighted by Crippen LogP contribution is 2.13. The average molecular weight is 273 g/mol. The van der Waals surface area contributed by atoms with Crippen molar-refractivity contribution < 1.29 is 13.2 Å². The Morgan fingerprint density at radius 3 is 2.67 bits per heavy atom. The molecule has 0 heterocycles. The predicted molar refractivity (Wildman–Crippen MR) is 71.6 cm³/mol. The third-order valence-electron chi connectivity index (χ3n) is 2.06. The Labute approximate surface area is 108 Å². The zero-order chi connectivity index (χ0) is 13.4. The van der Waals surface area contributed by atoms with Gasteiger partial charge < -0.3 is 10.5 Å². The Balaban J connectivity index is 2.26. The van der Waals surface area contributed by atoms with E-state index in [2.05, 4.69) is 9.44 Å². The van der Waals surface area contributed by atoms with Crippen molar-refractivity contribution in [2.45, 2.75) is 13.3 Å². The molecule has 0 fully saturated rings. The maximum atomic E-state index is 11.4. The van der Waals surface area contributed by atoms with Crippen LogP contribution in [0.15, 0.2) is 24.3 Å². The monoisotopic (exact) mass is 273 g/mol. The number of ether oxygens (including phenoxy) is 1. The lowest BCUT2D eigenvalue weighted by molar-refractivity contribution is 0.322. The van der Waals surface area contributed by atoms with E-state index in [4.69, 9.17) is 10.5 Å². The number of hydrogen-bond acceptors (Lipinski definition) is 4. The Bertz CT molecular complexity index is 462. The summed E-state index contributed by atoms with van der Waals surface area (Å²) in [6.07, 6.45) is 0.751. The van der Waals surface area contributed by atoms with E-state index in [9.17, 15) is 8.42 Å². The highest BCUT2D eigenvalue weighted by atomic mass is 32.2. The molecule has 0 atom stereocenters. The normalized spacial score (nSPS) is 11.4. The van der Waals surface area contributed by atoms with Gasteiger partial charge in [-0.15, -0.1) is 0 Å². The van der Waals surface area contributed by atoms with Gasteiger partial charge in [0.05, 0.1) is 0 Å². The van der Waals surface area contributed by atoms with Gasteiger partial charge in [0.2, 0.25) is 0 Å². The molecule has 0 bridgehead atoms. The van der Waals surface area contributed by atoms with Gasteiger partial charge in [-0.3, -0.25) is 0 Å². The summed E-state index contributed by atoms with van der Waals surface area (Å²) >= 11 is 0. The molecule has 7 heteroatoms. The summed E-state index contributed by atoms with van der Waals surface area (Å²) in [6, 6.07) is 6.98. The van der Waals surface area contributed by atoms with Gasteiger partial charge in [0.25, 0.3) is 10.2 Å². The van der Waals surface area contributed by atoms with Crippen LogP contribution in [0, 0.1) is 0 Å². The van der Waals surface area contributed by atoms with Crippen LogP contribution in [0.25, 0.3) is 0 Å². The minimum absolute atomic E-state index is 0.202. The van der Waals surface area contributed by atoms with Crippen molar-refractivity contribution in [3.05, 3.63) is 24.3 Å². The standard InChI is InChI=1S/C11H19N3O3S/c1-2-6-13-18(15,16)14-7-8-17-11-5-3-4-10(12)9-11/h3-5,9,13-14H,2,6-8,12H2,1H3. The fraction of sp³-hybridized carbons (Fsp3) is 0.455. The molecule has 4 N–H and O–H groups in total. The van der Waals surface area contributed by atoms with E-state index in [1.807, 2.05) is 6.92 Å². The summed E-state index contributed by atoms with van der Waals surface area (Å²) in [6.45, 7) is 2.77. The largest absolute Gasteiger partial charge is 0.492 e. The summed E-state index contributed by atoms with van der Waals surface area (Å²) in [5, 5.41) is 0. The third-order valence-corrected chi connectivity index (χ3v) is 3.23. The van der Waals surface area contributed by atoms with Crippen LogP contribution in [-0.2, 0) is 10.2 Å². The highest BCUT2D eigenvalue weighted by molar-refractivity contribution is 7.87. The second-order valence-electron chi connectivity index (χ2n) is 3.71. The van der Waals surface area contributed by atoms with Crippen molar-refractivity contribution >= 4 is 15.9 Å². The molecule has 0 spiro atoms. The zero-order valence-corrected chi connectivity index (χ0v) is 11.2. The van der Waals surface area contributed by atoms with Crippen LogP contribution in [0.2, 0.25) is 0 Å². The molecular weight excluding hydrogens is 254 g/mol. The maximum Gasteiger partial charge on any atom is 0.277 e. The van der Waals surface area contributed by atoms with Crippen LogP contribution in [0.3, 0.4) is 0 Å². The van der Waals surface area contributed by atoms with E-state index in [-0.39, 0.29) is 13.2 Å². The van der Waals surface area contributed by atoms with Crippen LogP contribution >= 0.6 is 0 Å². The SMILES string of the molecule is CCCNS(=O)(=O)NCCOc1cccc(N)c1. The Morgan fingerprint density at radius 1 is 1.28 bits per heavy atom. The number of nitrogen functional groups attached to an aromatic ring is 1. The lowest BCUT2D eigenvalue weighted by Crippen LogP contribution is -2.38. The first-order chi connectivity index (χ1) is 8.53. The smallest absolute Gasteiger partial charge is 0.277 e. The molecule has 0 aliphatic carbocycles. The van der Waals surface area contributed by atoms with Crippen LogP contribution in [0.5, 0.6) is 5.75 Å². The average Bonchev–Trinajstić information content (AvgIpc) is 2.32. The molecule has 0 aromatic heterocycles. The van der Waals surface area contributed by atoms with Gasteiger partial charge in [-0.2, -0.15) is 13.1 Å². The van der Waals surface area contributed by atoms with Gasteiger partial charge in [0, 0.05) is 24.8 Å². The summed E-state index contributed by atoms with van der Waals surface area (Å²) in [7, 11) is -3.41. The lowest BCUT2D eigenvalue weighted by Gasteiger charge is -2.09. The zero-order valence-electron chi connectivity index (χ0n) is 10.3. The highest BCUT2D eigenvalue weighted by Gasteiger charge is 2.06. The van der Waals surface area contributed by atoms with Crippen molar-refractivity contribution in [3.8, 4) is 5.75 Å². The molecule has 1 aromatic carbocycles. The quantitative estimate of drug-likeness (QED) is 0.474. The molecule has 0 saturated carbocycles. The minimum atomic E-state index is -3.41. The molecule has 102 valence electrons. The van der Waals surface area contributed by atoms with Crippen LogP contribution in [-0.4, -0.2) is 28.1 Å². The van der Waals surface area contributed by atoms with E-state index in [0.29, 0.717) is 18.0 Å². The molecule has 0 unspecified atom stereocenters. The number of benzene rings is 1. The molecule has 18 heavy (non-hydrogen) atoms. The summed E-state index contributed by atoms with van der Waals surface area (Å²) in [4.78, 5) is 0. The topological polar surface area (TPSA) is 93.5 Å². The molecule has 1 rings (SSSR count). The van der Waals surface area contributed by atoms with Crippen LogP contribution < -0.4 is 19.9 Å². The van der Waals surface area contributed by atoms with Gasteiger partial charge in [-0.1, -0.05) is 13.0 Å². The maximum absolute atomic E-state index is 11.4.